The Balaban J connectivity index is 1.63. The van der Waals surface area contributed by atoms with E-state index in [2.05, 4.69) is 54.5 Å². The van der Waals surface area contributed by atoms with Gasteiger partial charge in [-0.15, -0.1) is 0 Å². The smallest absolute Gasteiger partial charge is 0.102 e. The van der Waals surface area contributed by atoms with Crippen LogP contribution in [0.4, 0.5) is 0 Å². The normalized spacial score (nSPS) is 48.5. The summed E-state index contributed by atoms with van der Waals surface area (Å²) in [6.45, 7) is 16.4. The number of rotatable bonds is 4. The maximum absolute atomic E-state index is 11.6. The number of aliphatic hydroxyl groups excluding tert-OH is 2. The van der Waals surface area contributed by atoms with Crippen LogP contribution in [-0.2, 0) is 0 Å². The molecule has 0 bridgehead atoms. The second kappa shape index (κ2) is 8.24. The van der Waals surface area contributed by atoms with Gasteiger partial charge in [-0.1, -0.05) is 64.8 Å². The molecule has 0 unspecified atom stereocenters. The van der Waals surface area contributed by atoms with Crippen LogP contribution in [0, 0.1) is 46.3 Å². The molecular weight excluding hydrogens is 396 g/mol. The molecule has 4 aliphatic rings. The van der Waals surface area contributed by atoms with Gasteiger partial charge in [0.1, 0.15) is 11.7 Å². The number of aliphatic hydroxyl groups is 3. The van der Waals surface area contributed by atoms with Gasteiger partial charge in [-0.05, 0) is 86.4 Å². The van der Waals surface area contributed by atoms with Crippen LogP contribution in [0.25, 0.3) is 0 Å². The third-order valence-corrected chi connectivity index (χ3v) is 11.2. The SMILES string of the molecule is CC(=C[C@@H](C)[C@H]1CC[C@H]2C3=C[C@@H](O)[C@@]4(O)C[C@@H](O)CC[C@]4(C)[C@H]3CC[C@]12C)[C@H](C)C(C)C. The first kappa shape index (κ1) is 24.5. The van der Waals surface area contributed by atoms with Crippen LogP contribution >= 0.6 is 0 Å². The largest absolute Gasteiger partial charge is 0.393 e. The lowest BCUT2D eigenvalue weighted by atomic mass is 9.45. The van der Waals surface area contributed by atoms with Gasteiger partial charge in [-0.2, -0.15) is 0 Å². The van der Waals surface area contributed by atoms with Gasteiger partial charge in [0, 0.05) is 11.8 Å². The fourth-order valence-corrected chi connectivity index (χ4v) is 8.66. The summed E-state index contributed by atoms with van der Waals surface area (Å²) in [6, 6.07) is 0. The van der Waals surface area contributed by atoms with Crippen LogP contribution < -0.4 is 0 Å². The molecule has 0 aromatic rings. The molecule has 0 spiro atoms. The molecule has 182 valence electrons. The third-order valence-electron chi connectivity index (χ3n) is 11.2. The molecule has 0 saturated heterocycles. The Morgan fingerprint density at radius 2 is 1.69 bits per heavy atom. The van der Waals surface area contributed by atoms with Crippen molar-refractivity contribution in [3.8, 4) is 0 Å². The van der Waals surface area contributed by atoms with Gasteiger partial charge in [0.25, 0.3) is 0 Å². The molecule has 4 aliphatic carbocycles. The standard InChI is InChI=1S/C29H48O3/c1-17(2)20(5)18(3)14-19(4)23-8-9-24-22-15-26(31)29(32)16-21(30)10-13-28(29,7)25(22)11-12-27(23,24)6/h14-15,17,19-21,23-26,30-32H,8-13,16H2,1-7H3/t19-,20-,21+,23-,24+,25+,26-,27-,28-,29+/m1/s1. The Kier molecular flexibility index (Phi) is 6.30. The maximum atomic E-state index is 11.6. The van der Waals surface area contributed by atoms with Crippen molar-refractivity contribution in [2.75, 3.05) is 0 Å². The van der Waals surface area contributed by atoms with E-state index in [1.165, 1.54) is 30.4 Å². The van der Waals surface area contributed by atoms with Crippen molar-refractivity contribution in [3.63, 3.8) is 0 Å². The molecule has 32 heavy (non-hydrogen) atoms. The van der Waals surface area contributed by atoms with E-state index in [0.717, 1.165) is 19.3 Å². The maximum Gasteiger partial charge on any atom is 0.102 e. The number of hydrogen-bond acceptors (Lipinski definition) is 3. The first-order valence-electron chi connectivity index (χ1n) is 13.3. The molecule has 3 heteroatoms. The van der Waals surface area contributed by atoms with E-state index in [0.29, 0.717) is 41.9 Å². The lowest BCUT2D eigenvalue weighted by Crippen LogP contribution is -2.65. The molecule has 4 rings (SSSR count). The highest BCUT2D eigenvalue weighted by atomic mass is 16.3. The quantitative estimate of drug-likeness (QED) is 0.474. The Morgan fingerprint density at radius 1 is 1.00 bits per heavy atom. The van der Waals surface area contributed by atoms with Crippen molar-refractivity contribution in [1.82, 2.24) is 0 Å². The van der Waals surface area contributed by atoms with Crippen molar-refractivity contribution >= 4 is 0 Å². The van der Waals surface area contributed by atoms with E-state index in [1.54, 1.807) is 0 Å². The van der Waals surface area contributed by atoms with E-state index < -0.39 is 17.8 Å². The molecule has 0 amide bonds. The summed E-state index contributed by atoms with van der Waals surface area (Å²) < 4.78 is 0. The van der Waals surface area contributed by atoms with E-state index >= 15 is 0 Å². The highest BCUT2D eigenvalue weighted by Crippen LogP contribution is 2.67. The van der Waals surface area contributed by atoms with Crippen LogP contribution in [0.3, 0.4) is 0 Å². The van der Waals surface area contributed by atoms with E-state index in [9.17, 15) is 15.3 Å². The van der Waals surface area contributed by atoms with Gasteiger partial charge in [-0.3, -0.25) is 0 Å². The summed E-state index contributed by atoms with van der Waals surface area (Å²) in [5, 5.41) is 33.0. The second-order valence-corrected chi connectivity index (χ2v) is 13.0. The molecule has 0 aliphatic heterocycles. The zero-order chi connectivity index (χ0) is 23.6. The fourth-order valence-electron chi connectivity index (χ4n) is 8.66. The average Bonchev–Trinajstić information content (AvgIpc) is 3.07. The van der Waals surface area contributed by atoms with Crippen LogP contribution in [0.1, 0.15) is 93.4 Å². The van der Waals surface area contributed by atoms with Crippen molar-refractivity contribution in [1.29, 1.82) is 0 Å². The average molecular weight is 445 g/mol. The van der Waals surface area contributed by atoms with E-state index in [1.807, 2.05) is 6.08 Å². The minimum absolute atomic E-state index is 0.263. The first-order valence-corrected chi connectivity index (χ1v) is 13.3. The fraction of sp³-hybridized carbons (Fsp3) is 0.862. The molecule has 10 atom stereocenters. The van der Waals surface area contributed by atoms with Crippen molar-refractivity contribution in [2.45, 2.75) is 111 Å². The van der Waals surface area contributed by atoms with Gasteiger partial charge in [-0.25, -0.2) is 0 Å². The summed E-state index contributed by atoms with van der Waals surface area (Å²) in [7, 11) is 0. The van der Waals surface area contributed by atoms with Crippen LogP contribution in [0.2, 0.25) is 0 Å². The predicted molar refractivity (Wildman–Crippen MR) is 131 cm³/mol. The van der Waals surface area contributed by atoms with Gasteiger partial charge in [0.2, 0.25) is 0 Å². The van der Waals surface area contributed by atoms with Crippen LogP contribution in [-0.4, -0.2) is 33.1 Å². The molecule has 0 radical (unpaired) electrons. The monoisotopic (exact) mass is 444 g/mol. The van der Waals surface area contributed by atoms with Gasteiger partial charge >= 0.3 is 0 Å². The summed E-state index contributed by atoms with van der Waals surface area (Å²) in [5.74, 6) is 3.36. The highest BCUT2D eigenvalue weighted by molar-refractivity contribution is 5.33. The molecule has 3 saturated carbocycles. The lowest BCUT2D eigenvalue weighted by molar-refractivity contribution is -0.210. The number of allylic oxidation sites excluding steroid dienone is 3. The van der Waals surface area contributed by atoms with Crippen molar-refractivity contribution < 1.29 is 15.3 Å². The molecule has 3 fully saturated rings. The lowest BCUT2D eigenvalue weighted by Gasteiger charge is -2.62. The molecule has 3 nitrogen and oxygen atoms in total. The highest BCUT2D eigenvalue weighted by Gasteiger charge is 2.64. The molecular formula is C29H48O3. The van der Waals surface area contributed by atoms with Crippen LogP contribution in [0.15, 0.2) is 23.3 Å². The Morgan fingerprint density at radius 3 is 2.34 bits per heavy atom. The van der Waals surface area contributed by atoms with E-state index in [4.69, 9.17) is 0 Å². The zero-order valence-corrected chi connectivity index (χ0v) is 21.6. The Bertz CT molecular complexity index is 783. The van der Waals surface area contributed by atoms with Gasteiger partial charge in [0.15, 0.2) is 0 Å². The Labute approximate surface area is 196 Å². The molecule has 0 heterocycles. The topological polar surface area (TPSA) is 60.7 Å². The van der Waals surface area contributed by atoms with Crippen molar-refractivity contribution in [3.05, 3.63) is 23.3 Å². The third kappa shape index (κ3) is 3.48. The van der Waals surface area contributed by atoms with Crippen molar-refractivity contribution in [2.24, 2.45) is 46.3 Å². The van der Waals surface area contributed by atoms with E-state index in [-0.39, 0.29) is 10.8 Å². The molecule has 0 aromatic heterocycles. The number of hydrogen-bond donors (Lipinski definition) is 3. The second-order valence-electron chi connectivity index (χ2n) is 13.0. The molecule has 3 N–H and O–H groups in total. The zero-order valence-electron chi connectivity index (χ0n) is 21.6. The summed E-state index contributed by atoms with van der Waals surface area (Å²) in [5.41, 5.74) is 1.67. The molecule has 0 aromatic carbocycles. The number of fused-ring (bicyclic) bond motifs is 5. The summed E-state index contributed by atoms with van der Waals surface area (Å²) in [6.07, 6.45) is 9.77. The van der Waals surface area contributed by atoms with Crippen LogP contribution in [0.5, 0.6) is 0 Å². The Hall–Kier alpha value is -0.640. The summed E-state index contributed by atoms with van der Waals surface area (Å²) >= 11 is 0. The van der Waals surface area contributed by atoms with Gasteiger partial charge < -0.3 is 15.3 Å². The first-order chi connectivity index (χ1) is 14.8. The minimum atomic E-state index is -1.20. The minimum Gasteiger partial charge on any atom is -0.393 e. The summed E-state index contributed by atoms with van der Waals surface area (Å²) in [4.78, 5) is 0. The predicted octanol–water partition coefficient (Wildman–Crippen LogP) is 5.89. The van der Waals surface area contributed by atoms with Gasteiger partial charge in [0.05, 0.1) is 6.10 Å².